The van der Waals surface area contributed by atoms with E-state index in [0.29, 0.717) is 6.54 Å². The predicted molar refractivity (Wildman–Crippen MR) is 129 cm³/mol. The maximum Gasteiger partial charge on any atom is 0.224 e. The van der Waals surface area contributed by atoms with Gasteiger partial charge in [-0.25, -0.2) is 0 Å². The number of ketones is 1. The summed E-state index contributed by atoms with van der Waals surface area (Å²) in [4.78, 5) is 28.3. The van der Waals surface area contributed by atoms with Crippen molar-refractivity contribution in [3.05, 3.63) is 52.9 Å². The van der Waals surface area contributed by atoms with Crippen molar-refractivity contribution >= 4 is 33.8 Å². The Bertz CT molecular complexity index is 1190. The van der Waals surface area contributed by atoms with Gasteiger partial charge < -0.3 is 15.0 Å². The number of likely N-dealkylation sites (tertiary alicyclic amines) is 1. The van der Waals surface area contributed by atoms with Crippen molar-refractivity contribution in [3.8, 4) is 16.2 Å². The zero-order valence-electron chi connectivity index (χ0n) is 18.5. The number of amides is 1. The van der Waals surface area contributed by atoms with Gasteiger partial charge in [-0.2, -0.15) is 0 Å². The van der Waals surface area contributed by atoms with Crippen LogP contribution >= 0.6 is 11.3 Å². The number of hydrogen-bond donors (Lipinski definition) is 1. The van der Waals surface area contributed by atoms with E-state index in [-0.39, 0.29) is 23.7 Å². The lowest BCUT2D eigenvalue weighted by molar-refractivity contribution is -0.126. The van der Waals surface area contributed by atoms with E-state index in [1.807, 2.05) is 18.2 Å². The van der Waals surface area contributed by atoms with Crippen molar-refractivity contribution in [1.29, 1.82) is 0 Å². The third-order valence-electron chi connectivity index (χ3n) is 6.55. The van der Waals surface area contributed by atoms with E-state index >= 15 is 0 Å². The summed E-state index contributed by atoms with van der Waals surface area (Å²) in [5.41, 5.74) is 2.33. The first-order valence-electron chi connectivity index (χ1n) is 11.3. The van der Waals surface area contributed by atoms with Crippen molar-refractivity contribution in [2.45, 2.75) is 32.3 Å². The molecule has 2 aliphatic heterocycles. The third-order valence-corrected chi connectivity index (χ3v) is 7.79. The first-order valence-corrected chi connectivity index (χ1v) is 12.1. The molecule has 1 fully saturated rings. The van der Waals surface area contributed by atoms with Crippen LogP contribution in [0.15, 0.2) is 42.5 Å². The number of nitrogens with one attached hydrogen (secondary N) is 1. The largest absolute Gasteiger partial charge is 0.488 e. The Labute approximate surface area is 192 Å². The molecule has 0 bridgehead atoms. The first kappa shape index (κ1) is 21.2. The normalized spacial score (nSPS) is 20.7. The Morgan fingerprint density at radius 3 is 2.84 bits per heavy atom. The Balaban J connectivity index is 1.28. The second-order valence-electron chi connectivity index (χ2n) is 8.99. The molecular formula is C26H28N2O3S. The van der Waals surface area contributed by atoms with E-state index in [9.17, 15) is 9.59 Å². The molecule has 5 rings (SSSR count). The summed E-state index contributed by atoms with van der Waals surface area (Å²) in [6, 6.07) is 14.5. The number of carbonyl (C=O) groups is 2. The van der Waals surface area contributed by atoms with E-state index < -0.39 is 0 Å². The molecule has 1 aromatic heterocycles. The van der Waals surface area contributed by atoms with Crippen LogP contribution in [-0.4, -0.2) is 49.4 Å². The number of thiophene rings is 1. The van der Waals surface area contributed by atoms with Crippen LogP contribution in [0.4, 0.5) is 0 Å². The van der Waals surface area contributed by atoms with Crippen LogP contribution in [-0.2, 0) is 11.2 Å². The van der Waals surface area contributed by atoms with Crippen LogP contribution in [0.3, 0.4) is 0 Å². The van der Waals surface area contributed by atoms with Gasteiger partial charge in [0.15, 0.2) is 5.78 Å². The minimum atomic E-state index is -0.0315. The van der Waals surface area contributed by atoms with Crippen LogP contribution < -0.4 is 10.1 Å². The van der Waals surface area contributed by atoms with E-state index in [2.05, 4.69) is 41.5 Å². The number of rotatable bonds is 5. The quantitative estimate of drug-likeness (QED) is 0.583. The Morgan fingerprint density at radius 1 is 1.19 bits per heavy atom. The van der Waals surface area contributed by atoms with Crippen molar-refractivity contribution in [3.63, 3.8) is 0 Å². The van der Waals surface area contributed by atoms with E-state index in [4.69, 9.17) is 4.74 Å². The third kappa shape index (κ3) is 4.17. The standard InChI is InChI=1S/C26H28N2O3S/c1-16(29)24-9-10-25(32-24)18-5-7-21-17(12-18)6-8-23-22(21)13-20(31-23)14-27-26(30)19-4-3-11-28(2)15-19/h5-10,12,19-20H,3-4,11,13-15H2,1-2H3,(H,27,30)/t19-,20+/m1/s1. The highest BCUT2D eigenvalue weighted by molar-refractivity contribution is 7.17. The maximum atomic E-state index is 12.6. The molecule has 2 aliphatic rings. The number of ether oxygens (including phenoxy) is 1. The smallest absolute Gasteiger partial charge is 0.224 e. The van der Waals surface area contributed by atoms with Crippen LogP contribution in [0.1, 0.15) is 35.0 Å². The van der Waals surface area contributed by atoms with Crippen molar-refractivity contribution in [2.24, 2.45) is 5.92 Å². The number of nitrogens with zero attached hydrogens (tertiary/aromatic N) is 1. The number of fused-ring (bicyclic) bond motifs is 3. The second-order valence-corrected chi connectivity index (χ2v) is 10.1. The summed E-state index contributed by atoms with van der Waals surface area (Å²) in [7, 11) is 2.08. The molecule has 3 heterocycles. The fourth-order valence-electron chi connectivity index (χ4n) is 4.83. The summed E-state index contributed by atoms with van der Waals surface area (Å²) in [5.74, 6) is 1.24. The van der Waals surface area contributed by atoms with E-state index in [0.717, 1.165) is 58.8 Å². The molecule has 0 unspecified atom stereocenters. The highest BCUT2D eigenvalue weighted by Crippen LogP contribution is 2.37. The lowest BCUT2D eigenvalue weighted by atomic mass is 9.97. The van der Waals surface area contributed by atoms with Crippen molar-refractivity contribution < 1.29 is 14.3 Å². The monoisotopic (exact) mass is 448 g/mol. The number of benzene rings is 2. The van der Waals surface area contributed by atoms with Gasteiger partial charge in [0.2, 0.25) is 5.91 Å². The minimum absolute atomic E-state index is 0.0315. The van der Waals surface area contributed by atoms with Gasteiger partial charge in [-0.1, -0.05) is 18.2 Å². The summed E-state index contributed by atoms with van der Waals surface area (Å²) in [6.07, 6.45) is 2.81. The van der Waals surface area contributed by atoms with Gasteiger partial charge in [-0.3, -0.25) is 9.59 Å². The van der Waals surface area contributed by atoms with Crippen molar-refractivity contribution in [1.82, 2.24) is 10.2 Å². The molecule has 32 heavy (non-hydrogen) atoms. The number of piperidine rings is 1. The number of carbonyl (C=O) groups excluding carboxylic acids is 2. The predicted octanol–water partition coefficient (Wildman–Crippen LogP) is 4.53. The van der Waals surface area contributed by atoms with Crippen LogP contribution in [0.2, 0.25) is 0 Å². The summed E-state index contributed by atoms with van der Waals surface area (Å²) in [6.45, 7) is 4.05. The van der Waals surface area contributed by atoms with E-state index in [1.54, 1.807) is 6.92 Å². The zero-order valence-corrected chi connectivity index (χ0v) is 19.3. The molecule has 6 heteroatoms. The molecule has 1 amide bonds. The van der Waals surface area contributed by atoms with Crippen molar-refractivity contribution in [2.75, 3.05) is 26.7 Å². The van der Waals surface area contributed by atoms with Crippen LogP contribution in [0.5, 0.6) is 5.75 Å². The lowest BCUT2D eigenvalue weighted by Crippen LogP contribution is -2.44. The molecule has 0 aliphatic carbocycles. The molecule has 1 N–H and O–H groups in total. The van der Waals surface area contributed by atoms with Gasteiger partial charge in [0, 0.05) is 23.4 Å². The Kier molecular flexibility index (Phi) is 5.74. The fraction of sp³-hybridized carbons (Fsp3) is 0.385. The van der Waals surface area contributed by atoms with Gasteiger partial charge in [0.1, 0.15) is 11.9 Å². The molecule has 2 atom stereocenters. The maximum absolute atomic E-state index is 12.6. The molecule has 166 valence electrons. The molecule has 0 saturated carbocycles. The van der Waals surface area contributed by atoms with Gasteiger partial charge in [-0.15, -0.1) is 11.3 Å². The Morgan fingerprint density at radius 2 is 2.06 bits per heavy atom. The van der Waals surface area contributed by atoms with Crippen LogP contribution in [0.25, 0.3) is 21.2 Å². The van der Waals surface area contributed by atoms with Gasteiger partial charge in [-0.05, 0) is 74.0 Å². The van der Waals surface area contributed by atoms with E-state index in [1.165, 1.54) is 22.3 Å². The summed E-state index contributed by atoms with van der Waals surface area (Å²) < 4.78 is 6.16. The summed E-state index contributed by atoms with van der Waals surface area (Å²) in [5, 5.41) is 5.48. The average Bonchev–Trinajstić information content (AvgIpc) is 3.44. The molecular weight excluding hydrogens is 420 g/mol. The van der Waals surface area contributed by atoms with Crippen LogP contribution in [0, 0.1) is 5.92 Å². The molecule has 0 spiro atoms. The minimum Gasteiger partial charge on any atom is -0.488 e. The number of Topliss-reactive ketones (excluding diaryl/α,β-unsaturated/α-hetero) is 1. The molecule has 0 radical (unpaired) electrons. The molecule has 3 aromatic rings. The average molecular weight is 449 g/mol. The highest BCUT2D eigenvalue weighted by Gasteiger charge is 2.28. The van der Waals surface area contributed by atoms with Gasteiger partial charge in [0.25, 0.3) is 0 Å². The van der Waals surface area contributed by atoms with Gasteiger partial charge >= 0.3 is 0 Å². The number of hydrogen-bond acceptors (Lipinski definition) is 5. The Hall–Kier alpha value is -2.70. The fourth-order valence-corrected chi connectivity index (χ4v) is 5.73. The molecule has 2 aromatic carbocycles. The molecule has 1 saturated heterocycles. The lowest BCUT2D eigenvalue weighted by Gasteiger charge is -2.29. The topological polar surface area (TPSA) is 58.6 Å². The first-order chi connectivity index (χ1) is 15.5. The molecule has 5 nitrogen and oxygen atoms in total. The zero-order chi connectivity index (χ0) is 22.2. The summed E-state index contributed by atoms with van der Waals surface area (Å²) >= 11 is 1.53. The highest BCUT2D eigenvalue weighted by atomic mass is 32.1. The van der Waals surface area contributed by atoms with Gasteiger partial charge in [0.05, 0.1) is 17.3 Å². The SMILES string of the molecule is CC(=O)c1ccc(-c2ccc3c4c(ccc3c2)O[C@H](CNC(=O)[C@@H]2CCCN(C)C2)C4)s1. The second kappa shape index (κ2) is 8.68.